The van der Waals surface area contributed by atoms with Crippen LogP contribution in [0.25, 0.3) is 0 Å². The van der Waals surface area contributed by atoms with E-state index < -0.39 is 43.3 Å². The Balaban J connectivity index is 2.23. The van der Waals surface area contributed by atoms with Gasteiger partial charge in [0.1, 0.15) is 11.1 Å². The molecule has 1 aliphatic rings. The zero-order valence-corrected chi connectivity index (χ0v) is 19.1. The summed E-state index contributed by atoms with van der Waals surface area (Å²) in [5, 5.41) is 10.7. The van der Waals surface area contributed by atoms with Gasteiger partial charge in [-0.1, -0.05) is 29.8 Å². The van der Waals surface area contributed by atoms with Crippen molar-refractivity contribution in [1.82, 2.24) is 0 Å². The highest BCUT2D eigenvalue weighted by atomic mass is 31.2. The predicted octanol–water partition coefficient (Wildman–Crippen LogP) is 6.03. The molecule has 8 heteroatoms. The Labute approximate surface area is 181 Å². The summed E-state index contributed by atoms with van der Waals surface area (Å²) in [5.74, 6) is -1.86. The average Bonchev–Trinajstić information content (AvgIpc) is 2.93. The lowest BCUT2D eigenvalue weighted by Gasteiger charge is -2.31. The number of aliphatic hydroxyl groups excluding tert-OH is 1. The van der Waals surface area contributed by atoms with E-state index in [2.05, 4.69) is 0 Å². The number of benzene rings is 2. The molecule has 1 amide bonds. The molecule has 0 spiro atoms. The number of hydrogen-bond acceptors (Lipinski definition) is 5. The van der Waals surface area contributed by atoms with E-state index in [-0.39, 0.29) is 5.31 Å². The number of anilines is 1. The molecule has 31 heavy (non-hydrogen) atoms. The molecule has 0 aromatic heterocycles. The molecule has 2 aromatic carbocycles. The standard InChI is InChI=1S/C23H27FNO5P/c1-14(2)29-31(28,30-15(3)4)22-20(17-8-10-18(24)11-9-17)25(23(27)21(22)26)19-12-6-16(5)7-13-19/h6-15,20,26H,1-5H3/t20-/m0/s1. The van der Waals surface area contributed by atoms with Crippen LogP contribution in [0.2, 0.25) is 0 Å². The first-order chi connectivity index (χ1) is 14.5. The number of carbonyl (C=O) groups excluding carboxylic acids is 1. The van der Waals surface area contributed by atoms with Crippen LogP contribution >= 0.6 is 7.60 Å². The molecule has 0 unspecified atom stereocenters. The first-order valence-electron chi connectivity index (χ1n) is 10.1. The van der Waals surface area contributed by atoms with Crippen LogP contribution in [0.15, 0.2) is 59.6 Å². The Morgan fingerprint density at radius 3 is 1.97 bits per heavy atom. The number of amides is 1. The van der Waals surface area contributed by atoms with E-state index in [1.54, 1.807) is 39.8 Å². The fourth-order valence-electron chi connectivity index (χ4n) is 3.49. The molecule has 6 nitrogen and oxygen atoms in total. The lowest BCUT2D eigenvalue weighted by molar-refractivity contribution is -0.117. The van der Waals surface area contributed by atoms with Gasteiger partial charge in [0.2, 0.25) is 0 Å². The number of halogens is 1. The van der Waals surface area contributed by atoms with Gasteiger partial charge in [-0.2, -0.15) is 0 Å². The molecule has 0 saturated heterocycles. The molecule has 1 atom stereocenters. The summed E-state index contributed by atoms with van der Waals surface area (Å²) >= 11 is 0. The monoisotopic (exact) mass is 447 g/mol. The van der Waals surface area contributed by atoms with Gasteiger partial charge in [0.25, 0.3) is 5.91 Å². The summed E-state index contributed by atoms with van der Waals surface area (Å²) in [6.07, 6.45) is -0.996. The van der Waals surface area contributed by atoms with Crippen LogP contribution in [0.3, 0.4) is 0 Å². The van der Waals surface area contributed by atoms with Crippen LogP contribution in [-0.4, -0.2) is 23.2 Å². The van der Waals surface area contributed by atoms with Crippen molar-refractivity contribution in [2.45, 2.75) is 52.9 Å². The van der Waals surface area contributed by atoms with Gasteiger partial charge in [0.15, 0.2) is 5.76 Å². The summed E-state index contributed by atoms with van der Waals surface area (Å²) in [6.45, 7) is 8.67. The fourth-order valence-corrected chi connectivity index (χ4v) is 5.80. The quantitative estimate of drug-likeness (QED) is 0.524. The van der Waals surface area contributed by atoms with Crippen molar-refractivity contribution in [3.63, 3.8) is 0 Å². The van der Waals surface area contributed by atoms with E-state index in [0.29, 0.717) is 11.3 Å². The van der Waals surface area contributed by atoms with Crippen LogP contribution in [0, 0.1) is 12.7 Å². The van der Waals surface area contributed by atoms with E-state index >= 15 is 0 Å². The van der Waals surface area contributed by atoms with Crippen molar-refractivity contribution in [1.29, 1.82) is 0 Å². The Kier molecular flexibility index (Phi) is 6.70. The van der Waals surface area contributed by atoms with E-state index in [4.69, 9.17) is 9.05 Å². The smallest absolute Gasteiger partial charge is 0.364 e. The number of hydrogen-bond donors (Lipinski definition) is 1. The number of aryl methyl sites for hydroxylation is 1. The normalized spacial score (nSPS) is 17.4. The van der Waals surface area contributed by atoms with Gasteiger partial charge in [0, 0.05) is 5.69 Å². The maximum absolute atomic E-state index is 14.0. The first-order valence-corrected chi connectivity index (χ1v) is 11.6. The molecule has 3 rings (SSSR count). The molecule has 1 N–H and O–H groups in total. The van der Waals surface area contributed by atoms with Crippen molar-refractivity contribution >= 4 is 19.2 Å². The summed E-state index contributed by atoms with van der Waals surface area (Å²) in [4.78, 5) is 14.5. The van der Waals surface area contributed by atoms with Crippen LogP contribution in [0.5, 0.6) is 0 Å². The molecular weight excluding hydrogens is 420 g/mol. The third-order valence-corrected chi connectivity index (χ3v) is 7.12. The maximum atomic E-state index is 14.0. The van der Waals surface area contributed by atoms with Gasteiger partial charge in [0.05, 0.1) is 18.2 Å². The number of aliphatic hydroxyl groups is 1. The Morgan fingerprint density at radius 2 is 1.48 bits per heavy atom. The largest absolute Gasteiger partial charge is 0.503 e. The van der Waals surface area contributed by atoms with E-state index in [9.17, 15) is 18.9 Å². The molecule has 0 bridgehead atoms. The minimum absolute atomic E-state index is 0.146. The van der Waals surface area contributed by atoms with Gasteiger partial charge in [-0.15, -0.1) is 0 Å². The van der Waals surface area contributed by atoms with Crippen LogP contribution in [0.1, 0.15) is 44.9 Å². The van der Waals surface area contributed by atoms with Gasteiger partial charge in [-0.05, 0) is 64.4 Å². The SMILES string of the molecule is Cc1ccc(N2C(=O)C(O)=C(P(=O)(OC(C)C)OC(C)C)[C@@H]2c2ccc(F)cc2)cc1. The van der Waals surface area contributed by atoms with Crippen molar-refractivity contribution in [3.05, 3.63) is 76.5 Å². The highest BCUT2D eigenvalue weighted by Crippen LogP contribution is 2.65. The van der Waals surface area contributed by atoms with Crippen molar-refractivity contribution in [3.8, 4) is 0 Å². The van der Waals surface area contributed by atoms with Gasteiger partial charge in [-0.25, -0.2) is 4.39 Å². The molecule has 1 aliphatic heterocycles. The fraction of sp³-hybridized carbons (Fsp3) is 0.348. The topological polar surface area (TPSA) is 76.1 Å². The minimum atomic E-state index is -4.10. The van der Waals surface area contributed by atoms with Gasteiger partial charge < -0.3 is 14.2 Å². The number of carbonyl (C=O) groups is 1. The molecule has 0 aliphatic carbocycles. The van der Waals surface area contributed by atoms with Crippen molar-refractivity contribution in [2.75, 3.05) is 4.90 Å². The summed E-state index contributed by atoms with van der Waals surface area (Å²) < 4.78 is 39.0. The van der Waals surface area contributed by atoms with Gasteiger partial charge >= 0.3 is 7.60 Å². The summed E-state index contributed by atoms with van der Waals surface area (Å²) in [7, 11) is -4.10. The van der Waals surface area contributed by atoms with Gasteiger partial charge in [-0.3, -0.25) is 14.3 Å². The highest BCUT2D eigenvalue weighted by Gasteiger charge is 2.51. The third-order valence-electron chi connectivity index (χ3n) is 4.67. The molecule has 0 fully saturated rings. The predicted molar refractivity (Wildman–Crippen MR) is 118 cm³/mol. The Hall–Kier alpha value is -2.47. The zero-order chi connectivity index (χ0) is 22.9. The Morgan fingerprint density at radius 1 is 0.968 bits per heavy atom. The second-order valence-corrected chi connectivity index (χ2v) is 9.90. The average molecular weight is 447 g/mol. The lowest BCUT2D eigenvalue weighted by Crippen LogP contribution is -2.30. The van der Waals surface area contributed by atoms with E-state index in [1.807, 2.05) is 19.1 Å². The lowest BCUT2D eigenvalue weighted by atomic mass is 10.1. The second-order valence-electron chi connectivity index (χ2n) is 8.00. The van der Waals surface area contributed by atoms with Crippen LogP contribution in [0.4, 0.5) is 10.1 Å². The Bertz CT molecular complexity index is 1020. The molecule has 0 saturated carbocycles. The van der Waals surface area contributed by atoms with Crippen LogP contribution < -0.4 is 4.90 Å². The highest BCUT2D eigenvalue weighted by molar-refractivity contribution is 7.58. The molecule has 166 valence electrons. The molecule has 2 aromatic rings. The summed E-state index contributed by atoms with van der Waals surface area (Å²) in [5.41, 5.74) is 1.95. The molecule has 1 heterocycles. The third kappa shape index (κ3) is 4.74. The van der Waals surface area contributed by atoms with E-state index in [0.717, 1.165) is 5.56 Å². The minimum Gasteiger partial charge on any atom is -0.503 e. The number of rotatable bonds is 7. The van der Waals surface area contributed by atoms with E-state index in [1.165, 1.54) is 29.2 Å². The molecular formula is C23H27FNO5P. The first kappa shape index (κ1) is 23.2. The zero-order valence-electron chi connectivity index (χ0n) is 18.2. The van der Waals surface area contributed by atoms with Crippen LogP contribution in [-0.2, 0) is 18.4 Å². The second kappa shape index (κ2) is 8.95. The summed E-state index contributed by atoms with van der Waals surface area (Å²) in [6, 6.07) is 11.6. The maximum Gasteiger partial charge on any atom is 0.364 e. The molecule has 0 radical (unpaired) electrons. The van der Waals surface area contributed by atoms with Crippen molar-refractivity contribution in [2.24, 2.45) is 0 Å². The number of nitrogens with zero attached hydrogens (tertiary/aromatic N) is 1. The van der Waals surface area contributed by atoms with Crippen molar-refractivity contribution < 1.29 is 27.9 Å².